The lowest BCUT2D eigenvalue weighted by Crippen LogP contribution is -2.42. The standard InChI is InChI=1S/C19H24BrNO3/c1-4-6-7-8-9-15(5-2)24-19-18(23)16-11-10-14(20)12-17(16)21(19)13(3)22/h5,10-12,15,19H,2,4,6-9H2,1,3H3/t15-,19?/m1/s1. The third-order valence-electron chi connectivity index (χ3n) is 4.19. The highest BCUT2D eigenvalue weighted by atomic mass is 79.9. The highest BCUT2D eigenvalue weighted by Crippen LogP contribution is 2.35. The smallest absolute Gasteiger partial charge is 0.226 e. The molecule has 0 aliphatic carbocycles. The van der Waals surface area contributed by atoms with Gasteiger partial charge >= 0.3 is 0 Å². The average Bonchev–Trinajstić information content (AvgIpc) is 2.82. The van der Waals surface area contributed by atoms with Gasteiger partial charge in [0.15, 0.2) is 0 Å². The van der Waals surface area contributed by atoms with Crippen molar-refractivity contribution in [2.24, 2.45) is 0 Å². The Balaban J connectivity index is 2.15. The zero-order valence-corrected chi connectivity index (χ0v) is 15.8. The average molecular weight is 394 g/mol. The Morgan fingerprint density at radius 2 is 2.17 bits per heavy atom. The Morgan fingerprint density at radius 1 is 1.42 bits per heavy atom. The largest absolute Gasteiger partial charge is 0.343 e. The molecule has 0 radical (unpaired) electrons. The summed E-state index contributed by atoms with van der Waals surface area (Å²) in [6.07, 6.45) is 5.89. The molecule has 5 heteroatoms. The lowest BCUT2D eigenvalue weighted by atomic mass is 10.1. The Hall–Kier alpha value is -1.46. The summed E-state index contributed by atoms with van der Waals surface area (Å²) in [5, 5.41) is 0. The first-order valence-corrected chi connectivity index (χ1v) is 9.20. The van der Waals surface area contributed by atoms with Crippen molar-refractivity contribution in [2.75, 3.05) is 4.90 Å². The fourth-order valence-corrected chi connectivity index (χ4v) is 3.27. The highest BCUT2D eigenvalue weighted by Gasteiger charge is 2.41. The molecule has 1 aliphatic rings. The summed E-state index contributed by atoms with van der Waals surface area (Å²) in [6, 6.07) is 5.31. The lowest BCUT2D eigenvalue weighted by molar-refractivity contribution is -0.119. The van der Waals surface area contributed by atoms with Crippen molar-refractivity contribution in [1.82, 2.24) is 0 Å². The Kier molecular flexibility index (Phi) is 6.75. The molecular formula is C19H24BrNO3. The van der Waals surface area contributed by atoms with Crippen molar-refractivity contribution in [3.8, 4) is 0 Å². The van der Waals surface area contributed by atoms with E-state index in [1.807, 2.05) is 0 Å². The molecule has 2 atom stereocenters. The van der Waals surface area contributed by atoms with Crippen molar-refractivity contribution in [2.45, 2.75) is 58.3 Å². The van der Waals surface area contributed by atoms with Crippen molar-refractivity contribution in [3.63, 3.8) is 0 Å². The number of anilines is 1. The van der Waals surface area contributed by atoms with Crippen LogP contribution in [0.4, 0.5) is 5.69 Å². The highest BCUT2D eigenvalue weighted by molar-refractivity contribution is 9.10. The predicted molar refractivity (Wildman–Crippen MR) is 99.2 cm³/mol. The molecule has 1 heterocycles. The van der Waals surface area contributed by atoms with Gasteiger partial charge in [-0.25, -0.2) is 0 Å². The summed E-state index contributed by atoms with van der Waals surface area (Å²) in [4.78, 5) is 26.2. The van der Waals surface area contributed by atoms with Crippen LogP contribution in [0.2, 0.25) is 0 Å². The Morgan fingerprint density at radius 3 is 2.79 bits per heavy atom. The van der Waals surface area contributed by atoms with Gasteiger partial charge in [0.1, 0.15) is 0 Å². The van der Waals surface area contributed by atoms with Crippen LogP contribution in [0.1, 0.15) is 56.3 Å². The molecule has 1 unspecified atom stereocenters. The number of hydrogen-bond donors (Lipinski definition) is 0. The number of unbranched alkanes of at least 4 members (excludes halogenated alkanes) is 3. The second-order valence-electron chi connectivity index (χ2n) is 6.03. The number of ether oxygens (including phenoxy) is 1. The third kappa shape index (κ3) is 4.14. The van der Waals surface area contributed by atoms with E-state index in [0.29, 0.717) is 11.3 Å². The summed E-state index contributed by atoms with van der Waals surface area (Å²) in [5.74, 6) is -0.382. The van der Waals surface area contributed by atoms with Gasteiger partial charge in [0.2, 0.25) is 17.9 Å². The van der Waals surface area contributed by atoms with E-state index in [-0.39, 0.29) is 17.8 Å². The van der Waals surface area contributed by atoms with Crippen LogP contribution in [0, 0.1) is 0 Å². The molecule has 1 aliphatic heterocycles. The van der Waals surface area contributed by atoms with Gasteiger partial charge in [0.05, 0.1) is 11.8 Å². The molecule has 130 valence electrons. The maximum atomic E-state index is 12.7. The number of nitrogens with zero attached hydrogens (tertiary/aromatic N) is 1. The molecular weight excluding hydrogens is 370 g/mol. The van der Waals surface area contributed by atoms with Gasteiger partial charge in [-0.1, -0.05) is 54.6 Å². The molecule has 2 rings (SSSR count). The van der Waals surface area contributed by atoms with Crippen LogP contribution in [-0.4, -0.2) is 24.0 Å². The number of Topliss-reactive ketones (excluding diaryl/α,β-unsaturated/α-hetero) is 1. The zero-order chi connectivity index (χ0) is 17.7. The van der Waals surface area contributed by atoms with E-state index in [2.05, 4.69) is 29.4 Å². The molecule has 1 aromatic rings. The summed E-state index contributed by atoms with van der Waals surface area (Å²) in [6.45, 7) is 7.43. The van der Waals surface area contributed by atoms with E-state index >= 15 is 0 Å². The predicted octanol–water partition coefficient (Wildman–Crippen LogP) is 4.87. The maximum Gasteiger partial charge on any atom is 0.226 e. The maximum absolute atomic E-state index is 12.7. The topological polar surface area (TPSA) is 46.6 Å². The fraction of sp³-hybridized carbons (Fsp3) is 0.474. The van der Waals surface area contributed by atoms with E-state index in [1.54, 1.807) is 24.3 Å². The molecule has 0 aromatic heterocycles. The molecule has 0 fully saturated rings. The van der Waals surface area contributed by atoms with Gasteiger partial charge in [-0.15, -0.1) is 6.58 Å². The van der Waals surface area contributed by atoms with E-state index in [9.17, 15) is 9.59 Å². The molecule has 0 bridgehead atoms. The monoisotopic (exact) mass is 393 g/mol. The molecule has 0 N–H and O–H groups in total. The van der Waals surface area contributed by atoms with Crippen LogP contribution in [0.5, 0.6) is 0 Å². The van der Waals surface area contributed by atoms with Gasteiger partial charge in [0, 0.05) is 17.0 Å². The SMILES string of the molecule is C=C[C@H](CCCCCC)OC1C(=O)c2ccc(Br)cc2N1C(C)=O. The van der Waals surface area contributed by atoms with Crippen molar-refractivity contribution < 1.29 is 14.3 Å². The van der Waals surface area contributed by atoms with Crippen molar-refractivity contribution in [1.29, 1.82) is 0 Å². The molecule has 0 saturated carbocycles. The second kappa shape index (κ2) is 8.58. The van der Waals surface area contributed by atoms with E-state index in [0.717, 1.165) is 23.7 Å². The summed E-state index contributed by atoms with van der Waals surface area (Å²) >= 11 is 3.39. The minimum atomic E-state index is -0.902. The number of benzene rings is 1. The Labute approximate surface area is 152 Å². The van der Waals surface area contributed by atoms with Gasteiger partial charge in [0.25, 0.3) is 0 Å². The number of carbonyl (C=O) groups is 2. The minimum Gasteiger partial charge on any atom is -0.343 e. The summed E-state index contributed by atoms with van der Waals surface area (Å²) in [5.41, 5.74) is 1.12. The zero-order valence-electron chi connectivity index (χ0n) is 14.3. The van der Waals surface area contributed by atoms with Gasteiger partial charge in [-0.3, -0.25) is 14.5 Å². The first-order chi connectivity index (χ1) is 11.5. The van der Waals surface area contributed by atoms with Crippen LogP contribution >= 0.6 is 15.9 Å². The first-order valence-electron chi connectivity index (χ1n) is 8.41. The number of ketones is 1. The fourth-order valence-electron chi connectivity index (χ4n) is 2.93. The molecule has 4 nitrogen and oxygen atoms in total. The van der Waals surface area contributed by atoms with E-state index in [4.69, 9.17) is 4.74 Å². The Bertz CT molecular complexity index is 629. The molecule has 1 aromatic carbocycles. The van der Waals surface area contributed by atoms with Crippen LogP contribution in [0.25, 0.3) is 0 Å². The second-order valence-corrected chi connectivity index (χ2v) is 6.94. The normalized spacial score (nSPS) is 17.7. The number of amides is 1. The number of halogens is 1. The van der Waals surface area contributed by atoms with Crippen LogP contribution in [-0.2, 0) is 9.53 Å². The van der Waals surface area contributed by atoms with Crippen LogP contribution < -0.4 is 4.90 Å². The van der Waals surface area contributed by atoms with E-state index < -0.39 is 6.23 Å². The molecule has 1 amide bonds. The number of carbonyl (C=O) groups excluding carboxylic acids is 2. The van der Waals surface area contributed by atoms with Crippen LogP contribution in [0.3, 0.4) is 0 Å². The summed E-state index contributed by atoms with van der Waals surface area (Å²) in [7, 11) is 0. The van der Waals surface area contributed by atoms with Gasteiger partial charge in [-0.05, 0) is 24.6 Å². The number of fused-ring (bicyclic) bond motifs is 1. The van der Waals surface area contributed by atoms with Crippen molar-refractivity contribution in [3.05, 3.63) is 40.9 Å². The van der Waals surface area contributed by atoms with Gasteiger partial charge < -0.3 is 4.74 Å². The first kappa shape index (κ1) is 18.9. The lowest BCUT2D eigenvalue weighted by Gasteiger charge is -2.26. The molecule has 24 heavy (non-hydrogen) atoms. The van der Waals surface area contributed by atoms with E-state index in [1.165, 1.54) is 24.7 Å². The van der Waals surface area contributed by atoms with Gasteiger partial charge in [-0.2, -0.15) is 0 Å². The quantitative estimate of drug-likeness (QED) is 0.467. The van der Waals surface area contributed by atoms with Crippen molar-refractivity contribution >= 4 is 33.3 Å². The molecule has 0 spiro atoms. The molecule has 0 saturated heterocycles. The van der Waals surface area contributed by atoms with Crippen LogP contribution in [0.15, 0.2) is 35.3 Å². The minimum absolute atomic E-state index is 0.173. The number of rotatable bonds is 8. The number of hydrogen-bond acceptors (Lipinski definition) is 3. The third-order valence-corrected chi connectivity index (χ3v) is 4.68. The summed E-state index contributed by atoms with van der Waals surface area (Å²) < 4.78 is 6.79.